The maximum absolute atomic E-state index is 6.37. The number of benzene rings is 2. The molecule has 0 aromatic heterocycles. The normalized spacial score (nSPS) is 12.0. The van der Waals surface area contributed by atoms with Gasteiger partial charge in [-0.15, -0.1) is 0 Å². The van der Waals surface area contributed by atoms with Gasteiger partial charge in [0.05, 0.1) is 18.7 Å². The second kappa shape index (κ2) is 10.3. The summed E-state index contributed by atoms with van der Waals surface area (Å²) in [6.07, 6.45) is 3.09. The first-order chi connectivity index (χ1) is 12.1. The van der Waals surface area contributed by atoms with Gasteiger partial charge in [0.2, 0.25) is 0 Å². The van der Waals surface area contributed by atoms with Crippen molar-refractivity contribution in [3.05, 3.63) is 58.6 Å². The van der Waals surface area contributed by atoms with E-state index in [-0.39, 0.29) is 0 Å². The Morgan fingerprint density at radius 2 is 1.88 bits per heavy atom. The van der Waals surface area contributed by atoms with Gasteiger partial charge in [0, 0.05) is 12.6 Å². The first-order valence-corrected chi connectivity index (χ1v) is 9.28. The van der Waals surface area contributed by atoms with Crippen molar-refractivity contribution >= 4 is 11.6 Å². The summed E-state index contributed by atoms with van der Waals surface area (Å²) in [6.45, 7) is 5.65. The summed E-state index contributed by atoms with van der Waals surface area (Å²) in [5.74, 6) is 1.32. The van der Waals surface area contributed by atoms with Crippen molar-refractivity contribution in [1.82, 2.24) is 5.32 Å². The molecule has 0 bridgehead atoms. The Morgan fingerprint density at radius 1 is 1.12 bits per heavy atom. The van der Waals surface area contributed by atoms with E-state index >= 15 is 0 Å². The third-order valence-corrected chi connectivity index (χ3v) is 4.38. The van der Waals surface area contributed by atoms with E-state index in [0.717, 1.165) is 31.4 Å². The van der Waals surface area contributed by atoms with Crippen LogP contribution in [-0.4, -0.2) is 19.8 Å². The fourth-order valence-electron chi connectivity index (χ4n) is 2.64. The van der Waals surface area contributed by atoms with Gasteiger partial charge in [-0.25, -0.2) is 0 Å². The molecule has 1 N–H and O–H groups in total. The Hall–Kier alpha value is -1.71. The lowest BCUT2D eigenvalue weighted by molar-refractivity contribution is 0.294. The molecule has 0 amide bonds. The maximum atomic E-state index is 6.37. The molecule has 3 nitrogen and oxygen atoms in total. The topological polar surface area (TPSA) is 30.5 Å². The van der Waals surface area contributed by atoms with Crippen molar-refractivity contribution in [1.29, 1.82) is 0 Å². The fraction of sp³-hybridized carbons (Fsp3) is 0.429. The van der Waals surface area contributed by atoms with Crippen LogP contribution in [0.15, 0.2) is 42.5 Å². The van der Waals surface area contributed by atoms with E-state index in [1.54, 1.807) is 7.11 Å². The predicted octanol–water partition coefficient (Wildman–Crippen LogP) is 5.25. The van der Waals surface area contributed by atoms with Crippen molar-refractivity contribution in [2.75, 3.05) is 13.7 Å². The lowest BCUT2D eigenvalue weighted by Crippen LogP contribution is -2.26. The predicted molar refractivity (Wildman–Crippen MR) is 105 cm³/mol. The van der Waals surface area contributed by atoms with Crippen LogP contribution in [0.3, 0.4) is 0 Å². The average molecular weight is 362 g/mol. The Morgan fingerprint density at radius 3 is 2.56 bits per heavy atom. The summed E-state index contributed by atoms with van der Waals surface area (Å²) in [5.41, 5.74) is 2.47. The van der Waals surface area contributed by atoms with E-state index in [1.807, 2.05) is 12.1 Å². The van der Waals surface area contributed by atoms with Crippen LogP contribution >= 0.6 is 11.6 Å². The number of rotatable bonds is 10. The molecule has 0 saturated heterocycles. The van der Waals surface area contributed by atoms with Crippen molar-refractivity contribution in [3.63, 3.8) is 0 Å². The molecule has 0 aliphatic rings. The molecule has 2 rings (SSSR count). The molecule has 0 radical (unpaired) electrons. The van der Waals surface area contributed by atoms with Gasteiger partial charge in [0.1, 0.15) is 0 Å². The van der Waals surface area contributed by atoms with Crippen molar-refractivity contribution in [2.24, 2.45) is 0 Å². The molecule has 0 aliphatic carbocycles. The van der Waals surface area contributed by atoms with Gasteiger partial charge in [-0.1, -0.05) is 48.9 Å². The van der Waals surface area contributed by atoms with Gasteiger partial charge in [-0.2, -0.15) is 0 Å². The standard InChI is InChI=1S/C21H28ClNO2/c1-4-12-25-21-19(22)13-18(14-20(21)24-3)15-23-16(2)10-11-17-8-6-5-7-9-17/h5-9,13-14,16,23H,4,10-12,15H2,1-3H3/t16-/m1/s1. The molecule has 0 aliphatic heterocycles. The third-order valence-electron chi connectivity index (χ3n) is 4.10. The minimum absolute atomic E-state index is 0.418. The summed E-state index contributed by atoms with van der Waals surface area (Å²) >= 11 is 6.37. The molecule has 0 spiro atoms. The monoisotopic (exact) mass is 361 g/mol. The summed E-state index contributed by atoms with van der Waals surface area (Å²) in [4.78, 5) is 0. The highest BCUT2D eigenvalue weighted by Gasteiger charge is 2.12. The van der Waals surface area contributed by atoms with Crippen LogP contribution in [0, 0.1) is 0 Å². The Balaban J connectivity index is 1.90. The molecule has 1 atom stereocenters. The summed E-state index contributed by atoms with van der Waals surface area (Å²) in [6, 6.07) is 14.9. The van der Waals surface area contributed by atoms with Gasteiger partial charge < -0.3 is 14.8 Å². The summed E-state index contributed by atoms with van der Waals surface area (Å²) < 4.78 is 11.1. The quantitative estimate of drug-likeness (QED) is 0.627. The minimum Gasteiger partial charge on any atom is -0.493 e. The van der Waals surface area contributed by atoms with Crippen LogP contribution in [0.5, 0.6) is 11.5 Å². The van der Waals surface area contributed by atoms with Crippen LogP contribution in [0.2, 0.25) is 5.02 Å². The average Bonchev–Trinajstić information content (AvgIpc) is 2.64. The van der Waals surface area contributed by atoms with Gasteiger partial charge >= 0.3 is 0 Å². The summed E-state index contributed by atoms with van der Waals surface area (Å²) in [7, 11) is 1.64. The molecule has 0 saturated carbocycles. The Labute approximate surface area is 156 Å². The van der Waals surface area contributed by atoms with E-state index in [1.165, 1.54) is 5.56 Å². The SMILES string of the molecule is CCCOc1c(Cl)cc(CN[C@H](C)CCc2ccccc2)cc1OC. The second-order valence-electron chi connectivity index (χ2n) is 6.26. The number of aryl methyl sites for hydroxylation is 1. The van der Waals surface area contributed by atoms with Gasteiger partial charge in [-0.05, 0) is 49.4 Å². The van der Waals surface area contributed by atoms with E-state index in [2.05, 4.69) is 49.5 Å². The molecular weight excluding hydrogens is 334 g/mol. The second-order valence-corrected chi connectivity index (χ2v) is 6.67. The zero-order chi connectivity index (χ0) is 18.1. The summed E-state index contributed by atoms with van der Waals surface area (Å²) in [5, 5.41) is 4.15. The molecule has 4 heteroatoms. The Kier molecular flexibility index (Phi) is 8.10. The van der Waals surface area contributed by atoms with Crippen LogP contribution in [0.25, 0.3) is 0 Å². The lowest BCUT2D eigenvalue weighted by atomic mass is 10.1. The fourth-order valence-corrected chi connectivity index (χ4v) is 2.93. The van der Waals surface area contributed by atoms with E-state index in [9.17, 15) is 0 Å². The number of methoxy groups -OCH3 is 1. The molecule has 0 heterocycles. The molecule has 136 valence electrons. The van der Waals surface area contributed by atoms with Gasteiger partial charge in [0.25, 0.3) is 0 Å². The molecule has 2 aromatic carbocycles. The number of ether oxygens (including phenoxy) is 2. The Bertz CT molecular complexity index is 646. The number of nitrogens with one attached hydrogen (secondary N) is 1. The smallest absolute Gasteiger partial charge is 0.179 e. The number of halogens is 1. The van der Waals surface area contributed by atoms with Crippen LogP contribution in [0.4, 0.5) is 0 Å². The number of hydrogen-bond acceptors (Lipinski definition) is 3. The molecule has 2 aromatic rings. The van der Waals surface area contributed by atoms with E-state index in [4.69, 9.17) is 21.1 Å². The van der Waals surface area contributed by atoms with E-state index < -0.39 is 0 Å². The maximum Gasteiger partial charge on any atom is 0.179 e. The molecule has 0 unspecified atom stereocenters. The van der Waals surface area contributed by atoms with Crippen molar-refractivity contribution < 1.29 is 9.47 Å². The van der Waals surface area contributed by atoms with Crippen LogP contribution in [-0.2, 0) is 13.0 Å². The first kappa shape index (κ1) is 19.6. The lowest BCUT2D eigenvalue weighted by Gasteiger charge is -2.16. The highest BCUT2D eigenvalue weighted by atomic mass is 35.5. The zero-order valence-corrected chi connectivity index (χ0v) is 16.1. The highest BCUT2D eigenvalue weighted by Crippen LogP contribution is 2.36. The zero-order valence-electron chi connectivity index (χ0n) is 15.3. The minimum atomic E-state index is 0.418. The van der Waals surface area contributed by atoms with Crippen molar-refractivity contribution in [3.8, 4) is 11.5 Å². The largest absolute Gasteiger partial charge is 0.493 e. The van der Waals surface area contributed by atoms with Crippen LogP contribution in [0.1, 0.15) is 37.8 Å². The van der Waals surface area contributed by atoms with Crippen LogP contribution < -0.4 is 14.8 Å². The van der Waals surface area contributed by atoms with Gasteiger partial charge in [-0.3, -0.25) is 0 Å². The highest BCUT2D eigenvalue weighted by molar-refractivity contribution is 6.32. The van der Waals surface area contributed by atoms with Gasteiger partial charge in [0.15, 0.2) is 11.5 Å². The third kappa shape index (κ3) is 6.26. The number of hydrogen-bond donors (Lipinski definition) is 1. The first-order valence-electron chi connectivity index (χ1n) is 8.90. The molecule has 0 fully saturated rings. The molecular formula is C21H28ClNO2. The van der Waals surface area contributed by atoms with Crippen molar-refractivity contribution in [2.45, 2.75) is 45.7 Å². The van der Waals surface area contributed by atoms with E-state index in [0.29, 0.717) is 29.2 Å². The molecule has 25 heavy (non-hydrogen) atoms.